The van der Waals surface area contributed by atoms with Crippen LogP contribution >= 0.6 is 8.60 Å². The Balaban J connectivity index is 3.55. The van der Waals surface area contributed by atoms with Crippen molar-refractivity contribution in [2.24, 2.45) is 5.92 Å². The van der Waals surface area contributed by atoms with Gasteiger partial charge in [0, 0.05) is 25.4 Å². The Kier molecular flexibility index (Phi) is 27.8. The third-order valence-corrected chi connectivity index (χ3v) is 7.29. The van der Waals surface area contributed by atoms with Crippen LogP contribution in [0.5, 0.6) is 0 Å². The highest BCUT2D eigenvalue weighted by Crippen LogP contribution is 2.33. The summed E-state index contributed by atoms with van der Waals surface area (Å²) >= 11 is 0. The van der Waals surface area contributed by atoms with Crippen molar-refractivity contribution in [3.63, 3.8) is 0 Å². The Morgan fingerprint density at radius 3 is 1.69 bits per heavy atom. The van der Waals surface area contributed by atoms with Gasteiger partial charge in [-0.15, -0.1) is 0 Å². The highest BCUT2D eigenvalue weighted by molar-refractivity contribution is 7.40. The molecule has 2 unspecified atom stereocenters. The van der Waals surface area contributed by atoms with Gasteiger partial charge in [0.1, 0.15) is 5.78 Å². The van der Waals surface area contributed by atoms with E-state index >= 15 is 0 Å². The molecule has 7 heteroatoms. The number of hydrogen-bond acceptors (Lipinski definition) is 5. The van der Waals surface area contributed by atoms with Gasteiger partial charge in [0.05, 0.1) is 40.5 Å². The van der Waals surface area contributed by atoms with Gasteiger partial charge in [-0.05, 0) is 13.3 Å². The molecule has 0 heterocycles. The number of unbranched alkanes of at least 4 members (excludes halogenated alkanes) is 15. The number of Topliss-reactive ketones (excluding diaryl/α,β-unsaturated/α-hetero) is 1. The molecule has 216 valence electrons. The number of rotatable bonds is 29. The molecule has 0 saturated heterocycles. The van der Waals surface area contributed by atoms with E-state index in [2.05, 4.69) is 21.0 Å². The molecular weight excluding hydrogens is 473 g/mol. The molecule has 0 radical (unpaired) electrons. The lowest BCUT2D eigenvalue weighted by atomic mass is 10.0. The van der Waals surface area contributed by atoms with Crippen LogP contribution in [-0.2, 0) is 18.6 Å². The van der Waals surface area contributed by atoms with Crippen molar-refractivity contribution in [2.75, 3.05) is 47.1 Å². The highest BCUT2D eigenvalue weighted by Gasteiger charge is 2.16. The zero-order chi connectivity index (χ0) is 26.7. The van der Waals surface area contributed by atoms with E-state index < -0.39 is 8.60 Å². The van der Waals surface area contributed by atoms with E-state index in [-0.39, 0.29) is 11.7 Å². The molecule has 0 aliphatic rings. The minimum atomic E-state index is -1.89. The maximum atomic E-state index is 11.6. The number of ether oxygens (including phenoxy) is 1. The van der Waals surface area contributed by atoms with Crippen LogP contribution in [0.3, 0.4) is 0 Å². The predicted molar refractivity (Wildman–Crippen MR) is 152 cm³/mol. The fourth-order valence-corrected chi connectivity index (χ4v) is 5.05. The number of hydrogen-bond donors (Lipinski definition) is 2. The average molecular weight is 535 g/mol. The monoisotopic (exact) mass is 534 g/mol. The van der Waals surface area contributed by atoms with Crippen LogP contribution in [-0.4, -0.2) is 57.7 Å². The Hall–Kier alpha value is -0.100. The minimum absolute atomic E-state index is 0.0319. The van der Waals surface area contributed by atoms with Gasteiger partial charge in [0.25, 0.3) is 0 Å². The summed E-state index contributed by atoms with van der Waals surface area (Å²) in [7, 11) is 2.29. The molecule has 0 saturated carbocycles. The summed E-state index contributed by atoms with van der Waals surface area (Å²) < 4.78 is 16.6. The van der Waals surface area contributed by atoms with Crippen LogP contribution in [0.15, 0.2) is 0 Å². The summed E-state index contributed by atoms with van der Waals surface area (Å²) in [6.45, 7) is 6.85. The predicted octanol–water partition coefficient (Wildman–Crippen LogP) is 6.65. The second-order valence-corrected chi connectivity index (χ2v) is 11.8. The summed E-state index contributed by atoms with van der Waals surface area (Å²) in [5.74, 6) is 0.0854. The van der Waals surface area contributed by atoms with E-state index in [0.717, 1.165) is 26.0 Å². The lowest BCUT2D eigenvalue weighted by Gasteiger charge is -2.18. The van der Waals surface area contributed by atoms with Crippen LogP contribution < -0.4 is 4.90 Å². The Bertz CT molecular complexity index is 467. The van der Waals surface area contributed by atoms with E-state index in [4.69, 9.17) is 13.8 Å². The standard InChI is InChI=1S/C29H60NO5P/c1-5-6-7-8-9-10-11-12-13-14-15-16-17-18-19-20-23-33-26-29(25-28(2)31)27-35-36(32)34-24-21-22-30(3)4/h29,32H,5-27H2,1-4H3/p+1. The third kappa shape index (κ3) is 28.5. The molecule has 0 spiro atoms. The maximum absolute atomic E-state index is 11.6. The quantitative estimate of drug-likeness (QED) is 0.0831. The first-order valence-corrected chi connectivity index (χ1v) is 16.2. The van der Waals surface area contributed by atoms with E-state index in [1.165, 1.54) is 101 Å². The molecular formula is C29H61NO5P+. The van der Waals surface area contributed by atoms with Crippen LogP contribution in [0.2, 0.25) is 0 Å². The van der Waals surface area contributed by atoms with Crippen molar-refractivity contribution in [3.8, 4) is 0 Å². The molecule has 0 aromatic carbocycles. The average Bonchev–Trinajstić information content (AvgIpc) is 2.83. The number of nitrogens with one attached hydrogen (secondary N) is 1. The molecule has 0 rings (SSSR count). The van der Waals surface area contributed by atoms with Crippen LogP contribution in [0.4, 0.5) is 0 Å². The van der Waals surface area contributed by atoms with Crippen LogP contribution in [0.1, 0.15) is 129 Å². The molecule has 0 aromatic heterocycles. The fraction of sp³-hybridized carbons (Fsp3) is 0.966. The summed E-state index contributed by atoms with van der Waals surface area (Å²) in [6.07, 6.45) is 23.1. The van der Waals surface area contributed by atoms with Gasteiger partial charge in [0.15, 0.2) is 0 Å². The van der Waals surface area contributed by atoms with E-state index in [1.54, 1.807) is 6.92 Å². The van der Waals surface area contributed by atoms with Gasteiger partial charge in [-0.2, -0.15) is 0 Å². The topological polar surface area (TPSA) is 69.4 Å². The van der Waals surface area contributed by atoms with Gasteiger partial charge < -0.3 is 28.4 Å². The zero-order valence-corrected chi connectivity index (χ0v) is 25.3. The molecule has 0 aliphatic carbocycles. The number of quaternary nitrogens is 1. The molecule has 2 N–H and O–H groups in total. The molecule has 0 bridgehead atoms. The Labute approximate surface area is 225 Å². The number of carbonyl (C=O) groups excluding carboxylic acids is 1. The molecule has 6 nitrogen and oxygen atoms in total. The van der Waals surface area contributed by atoms with Gasteiger partial charge in [0.2, 0.25) is 0 Å². The van der Waals surface area contributed by atoms with Crippen molar-refractivity contribution in [1.29, 1.82) is 0 Å². The number of carbonyl (C=O) groups is 1. The normalized spacial score (nSPS) is 13.4. The highest BCUT2D eigenvalue weighted by atomic mass is 31.2. The zero-order valence-electron chi connectivity index (χ0n) is 24.4. The van der Waals surface area contributed by atoms with Gasteiger partial charge in [-0.25, -0.2) is 0 Å². The first-order chi connectivity index (χ1) is 17.5. The van der Waals surface area contributed by atoms with Gasteiger partial charge in [-0.3, -0.25) is 0 Å². The third-order valence-electron chi connectivity index (χ3n) is 6.52. The number of ketones is 1. The van der Waals surface area contributed by atoms with E-state index in [1.807, 2.05) is 0 Å². The van der Waals surface area contributed by atoms with Crippen molar-refractivity contribution in [3.05, 3.63) is 0 Å². The van der Waals surface area contributed by atoms with Crippen molar-refractivity contribution >= 4 is 14.4 Å². The van der Waals surface area contributed by atoms with E-state index in [0.29, 0.717) is 26.2 Å². The van der Waals surface area contributed by atoms with E-state index in [9.17, 15) is 9.69 Å². The van der Waals surface area contributed by atoms with Crippen molar-refractivity contribution in [2.45, 2.75) is 129 Å². The largest absolute Gasteiger partial charge is 0.381 e. The molecule has 0 aromatic rings. The van der Waals surface area contributed by atoms with Crippen LogP contribution in [0, 0.1) is 5.92 Å². The first kappa shape index (κ1) is 35.9. The van der Waals surface area contributed by atoms with Gasteiger partial charge in [-0.1, -0.05) is 103 Å². The molecule has 2 atom stereocenters. The lowest BCUT2D eigenvalue weighted by Crippen LogP contribution is -3.05. The SMILES string of the molecule is CCCCCCCCCCCCCCCCCCOCC(COP(O)OCCC[NH+](C)C)CC(C)=O. The Morgan fingerprint density at radius 2 is 1.22 bits per heavy atom. The summed E-state index contributed by atoms with van der Waals surface area (Å²) in [5.41, 5.74) is 0. The molecule has 36 heavy (non-hydrogen) atoms. The molecule has 0 amide bonds. The summed E-state index contributed by atoms with van der Waals surface area (Å²) in [4.78, 5) is 22.8. The van der Waals surface area contributed by atoms with Crippen molar-refractivity contribution < 1.29 is 28.4 Å². The van der Waals surface area contributed by atoms with Crippen molar-refractivity contribution in [1.82, 2.24) is 0 Å². The summed E-state index contributed by atoms with van der Waals surface area (Å²) in [5, 5.41) is 0. The summed E-state index contributed by atoms with van der Waals surface area (Å²) in [6, 6.07) is 0. The van der Waals surface area contributed by atoms with Gasteiger partial charge >= 0.3 is 8.60 Å². The second kappa shape index (κ2) is 27.9. The van der Waals surface area contributed by atoms with Crippen LogP contribution in [0.25, 0.3) is 0 Å². The minimum Gasteiger partial charge on any atom is -0.381 e. The Morgan fingerprint density at radius 1 is 0.722 bits per heavy atom. The molecule has 0 aliphatic heterocycles. The first-order valence-electron chi connectivity index (χ1n) is 15.1. The second-order valence-electron chi connectivity index (χ2n) is 10.8. The lowest BCUT2D eigenvalue weighted by molar-refractivity contribution is -0.858. The fourth-order valence-electron chi connectivity index (χ4n) is 4.35. The maximum Gasteiger partial charge on any atom is 0.329 e. The molecule has 0 fully saturated rings. The smallest absolute Gasteiger partial charge is 0.329 e.